The number of rotatable bonds is 3. The first-order valence-electron chi connectivity index (χ1n) is 4.34. The zero-order valence-electron chi connectivity index (χ0n) is 7.87. The number of aromatic nitrogens is 1. The maximum Gasteiger partial charge on any atom is 0.123 e. The fourth-order valence-corrected chi connectivity index (χ4v) is 0.995. The molecule has 0 amide bonds. The molecule has 0 aliphatic carbocycles. The minimum absolute atomic E-state index is 0.233. The van der Waals surface area contributed by atoms with Gasteiger partial charge in [0.25, 0.3) is 0 Å². The molecule has 0 aromatic carbocycles. The monoisotopic (exact) mass is 165 g/mol. The van der Waals surface area contributed by atoms with Crippen LogP contribution >= 0.6 is 0 Å². The van der Waals surface area contributed by atoms with Gasteiger partial charge in [0.15, 0.2) is 0 Å². The minimum Gasteiger partial charge on any atom is -0.491 e. The fourth-order valence-electron chi connectivity index (χ4n) is 0.995. The summed E-state index contributed by atoms with van der Waals surface area (Å²) in [5.74, 6) is 0.914. The fraction of sp³-hybridized carbons (Fsp3) is 0.500. The van der Waals surface area contributed by atoms with E-state index in [0.29, 0.717) is 0 Å². The van der Waals surface area contributed by atoms with E-state index in [-0.39, 0.29) is 6.10 Å². The van der Waals surface area contributed by atoms with Crippen molar-refractivity contribution in [3.63, 3.8) is 0 Å². The van der Waals surface area contributed by atoms with Crippen LogP contribution in [-0.4, -0.2) is 11.1 Å². The lowest BCUT2D eigenvalue weighted by Crippen LogP contribution is -2.05. The van der Waals surface area contributed by atoms with Gasteiger partial charge >= 0.3 is 0 Å². The van der Waals surface area contributed by atoms with E-state index in [2.05, 4.69) is 11.9 Å². The van der Waals surface area contributed by atoms with Crippen LogP contribution in [0, 0.1) is 0 Å². The van der Waals surface area contributed by atoms with E-state index >= 15 is 0 Å². The Kier molecular flexibility index (Phi) is 3.09. The number of ether oxygens (including phenoxy) is 1. The molecule has 1 heterocycles. The Hall–Kier alpha value is -1.05. The van der Waals surface area contributed by atoms with Crippen molar-refractivity contribution >= 4 is 0 Å². The Morgan fingerprint density at radius 2 is 2.25 bits per heavy atom. The van der Waals surface area contributed by atoms with Crippen LogP contribution in [0.1, 0.15) is 26.5 Å². The summed E-state index contributed by atoms with van der Waals surface area (Å²) in [6.45, 7) is 6.12. The maximum atomic E-state index is 5.52. The highest BCUT2D eigenvalue weighted by Gasteiger charge is 1.98. The summed E-state index contributed by atoms with van der Waals surface area (Å²) in [4.78, 5) is 4.19. The van der Waals surface area contributed by atoms with E-state index in [4.69, 9.17) is 4.74 Å². The average molecular weight is 165 g/mol. The quantitative estimate of drug-likeness (QED) is 0.686. The molecule has 1 aromatic heterocycles. The first-order chi connectivity index (χ1) is 5.72. The van der Waals surface area contributed by atoms with Gasteiger partial charge in [0, 0.05) is 18.0 Å². The van der Waals surface area contributed by atoms with Gasteiger partial charge in [-0.1, -0.05) is 6.92 Å². The topological polar surface area (TPSA) is 22.1 Å². The molecule has 1 rings (SSSR count). The van der Waals surface area contributed by atoms with Crippen molar-refractivity contribution < 1.29 is 4.74 Å². The zero-order chi connectivity index (χ0) is 8.97. The van der Waals surface area contributed by atoms with Crippen LogP contribution < -0.4 is 4.74 Å². The molecule has 0 saturated heterocycles. The lowest BCUT2D eigenvalue weighted by atomic mass is 10.3. The molecule has 0 atom stereocenters. The predicted octanol–water partition coefficient (Wildman–Crippen LogP) is 2.43. The summed E-state index contributed by atoms with van der Waals surface area (Å²) in [5, 5.41) is 0. The largest absolute Gasteiger partial charge is 0.491 e. The van der Waals surface area contributed by atoms with Gasteiger partial charge in [-0.3, -0.25) is 4.98 Å². The molecule has 0 bridgehead atoms. The highest BCUT2D eigenvalue weighted by Crippen LogP contribution is 2.12. The maximum absolute atomic E-state index is 5.52. The van der Waals surface area contributed by atoms with Crippen molar-refractivity contribution in [2.75, 3.05) is 0 Å². The molecule has 0 aliphatic rings. The molecule has 12 heavy (non-hydrogen) atoms. The van der Waals surface area contributed by atoms with Gasteiger partial charge in [-0.15, -0.1) is 0 Å². The van der Waals surface area contributed by atoms with Crippen molar-refractivity contribution in [3.05, 3.63) is 24.0 Å². The standard InChI is InChI=1S/C10H15NO/c1-4-9-7-10(5-6-11-9)12-8(2)3/h5-8H,4H2,1-3H3. The lowest BCUT2D eigenvalue weighted by Gasteiger charge is -2.09. The number of pyridine rings is 1. The summed E-state index contributed by atoms with van der Waals surface area (Å²) >= 11 is 0. The number of nitrogens with zero attached hydrogens (tertiary/aromatic N) is 1. The summed E-state index contributed by atoms with van der Waals surface area (Å²) in [6, 6.07) is 3.87. The highest BCUT2D eigenvalue weighted by atomic mass is 16.5. The molecule has 2 heteroatoms. The van der Waals surface area contributed by atoms with Gasteiger partial charge in [-0.05, 0) is 26.3 Å². The van der Waals surface area contributed by atoms with E-state index < -0.39 is 0 Å². The van der Waals surface area contributed by atoms with Crippen molar-refractivity contribution in [2.24, 2.45) is 0 Å². The van der Waals surface area contributed by atoms with Gasteiger partial charge in [0.1, 0.15) is 5.75 Å². The van der Waals surface area contributed by atoms with E-state index in [1.165, 1.54) is 0 Å². The second-order valence-electron chi connectivity index (χ2n) is 3.00. The predicted molar refractivity (Wildman–Crippen MR) is 49.4 cm³/mol. The summed E-state index contributed by atoms with van der Waals surface area (Å²) in [5.41, 5.74) is 1.08. The van der Waals surface area contributed by atoms with Crippen molar-refractivity contribution in [1.82, 2.24) is 4.98 Å². The van der Waals surface area contributed by atoms with Crippen LogP contribution in [0.2, 0.25) is 0 Å². The van der Waals surface area contributed by atoms with E-state index in [1.807, 2.05) is 26.0 Å². The molecule has 0 spiro atoms. The number of aryl methyl sites for hydroxylation is 1. The molecule has 0 aliphatic heterocycles. The van der Waals surface area contributed by atoms with E-state index in [9.17, 15) is 0 Å². The van der Waals surface area contributed by atoms with Crippen LogP contribution in [0.25, 0.3) is 0 Å². The van der Waals surface area contributed by atoms with Gasteiger partial charge in [0.2, 0.25) is 0 Å². The molecular weight excluding hydrogens is 150 g/mol. The Morgan fingerprint density at radius 1 is 1.50 bits per heavy atom. The Labute approximate surface area is 73.6 Å². The van der Waals surface area contributed by atoms with Crippen molar-refractivity contribution in [1.29, 1.82) is 0 Å². The van der Waals surface area contributed by atoms with Crippen molar-refractivity contribution in [2.45, 2.75) is 33.3 Å². The molecule has 2 nitrogen and oxygen atoms in total. The van der Waals surface area contributed by atoms with Crippen LogP contribution in [0.5, 0.6) is 5.75 Å². The molecule has 66 valence electrons. The molecule has 0 unspecified atom stereocenters. The van der Waals surface area contributed by atoms with Gasteiger partial charge in [0.05, 0.1) is 6.10 Å². The molecule has 0 N–H and O–H groups in total. The lowest BCUT2D eigenvalue weighted by molar-refractivity contribution is 0.242. The third kappa shape index (κ3) is 2.53. The smallest absolute Gasteiger partial charge is 0.123 e. The normalized spacial score (nSPS) is 10.3. The number of hydrogen-bond acceptors (Lipinski definition) is 2. The summed E-state index contributed by atoms with van der Waals surface area (Å²) in [6.07, 6.45) is 2.98. The first kappa shape index (κ1) is 9.04. The Morgan fingerprint density at radius 3 is 2.83 bits per heavy atom. The van der Waals surface area contributed by atoms with E-state index in [0.717, 1.165) is 17.9 Å². The number of hydrogen-bond donors (Lipinski definition) is 0. The Balaban J connectivity index is 2.72. The van der Waals surface area contributed by atoms with Crippen LogP contribution in [0.4, 0.5) is 0 Å². The minimum atomic E-state index is 0.233. The molecule has 0 fully saturated rings. The van der Waals surface area contributed by atoms with Crippen LogP contribution in [-0.2, 0) is 6.42 Å². The van der Waals surface area contributed by atoms with E-state index in [1.54, 1.807) is 6.20 Å². The van der Waals surface area contributed by atoms with Crippen LogP contribution in [0.15, 0.2) is 18.3 Å². The molecule has 0 radical (unpaired) electrons. The molecule has 1 aromatic rings. The van der Waals surface area contributed by atoms with Crippen molar-refractivity contribution in [3.8, 4) is 5.75 Å². The average Bonchev–Trinajstić information content (AvgIpc) is 2.03. The van der Waals surface area contributed by atoms with Crippen LogP contribution in [0.3, 0.4) is 0 Å². The highest BCUT2D eigenvalue weighted by molar-refractivity contribution is 5.22. The molecular formula is C10H15NO. The third-order valence-corrected chi connectivity index (χ3v) is 1.52. The van der Waals surface area contributed by atoms with Gasteiger partial charge in [-0.2, -0.15) is 0 Å². The second-order valence-corrected chi connectivity index (χ2v) is 3.00. The zero-order valence-corrected chi connectivity index (χ0v) is 7.87. The Bertz CT molecular complexity index is 245. The summed E-state index contributed by atoms with van der Waals surface area (Å²) in [7, 11) is 0. The third-order valence-electron chi connectivity index (χ3n) is 1.52. The molecule has 0 saturated carbocycles. The first-order valence-corrected chi connectivity index (χ1v) is 4.34. The second kappa shape index (κ2) is 4.10. The summed E-state index contributed by atoms with van der Waals surface area (Å²) < 4.78 is 5.52. The van der Waals surface area contributed by atoms with Gasteiger partial charge in [-0.25, -0.2) is 0 Å². The van der Waals surface area contributed by atoms with Gasteiger partial charge < -0.3 is 4.74 Å². The SMILES string of the molecule is CCc1cc(OC(C)C)ccn1.